The first kappa shape index (κ1) is 15.0. The number of carbonyl (C=O) groups is 1. The van der Waals surface area contributed by atoms with Gasteiger partial charge in [-0.25, -0.2) is 8.42 Å². The van der Waals surface area contributed by atoms with Crippen molar-refractivity contribution in [3.63, 3.8) is 0 Å². The summed E-state index contributed by atoms with van der Waals surface area (Å²) in [7, 11) is -3.60. The molecule has 0 amide bonds. The molecule has 0 saturated carbocycles. The highest BCUT2D eigenvalue weighted by atomic mass is 79.9. The molecule has 0 unspecified atom stereocenters. The Bertz CT molecular complexity index is 597. The van der Waals surface area contributed by atoms with E-state index in [1.807, 2.05) is 0 Å². The highest BCUT2D eigenvalue weighted by Gasteiger charge is 2.29. The number of hydrogen-bond acceptors (Lipinski definition) is 3. The van der Waals surface area contributed by atoms with E-state index in [0.29, 0.717) is 18.7 Å². The number of alkyl halides is 1. The molecule has 19 heavy (non-hydrogen) atoms. The third kappa shape index (κ3) is 3.02. The zero-order chi connectivity index (χ0) is 14.0. The second-order valence-electron chi connectivity index (χ2n) is 4.31. The van der Waals surface area contributed by atoms with Crippen LogP contribution in [0, 0.1) is 0 Å². The second kappa shape index (κ2) is 5.91. The molecule has 1 heterocycles. The maximum atomic E-state index is 12.4. The Balaban J connectivity index is 2.46. The maximum absolute atomic E-state index is 12.4. The molecule has 1 aliphatic rings. The van der Waals surface area contributed by atoms with Gasteiger partial charge in [0.2, 0.25) is 10.0 Å². The summed E-state index contributed by atoms with van der Waals surface area (Å²) in [5.41, 5.74) is 0.346. The Labute approximate surface area is 125 Å². The summed E-state index contributed by atoms with van der Waals surface area (Å²) in [5.74, 6) is -0.172. The summed E-state index contributed by atoms with van der Waals surface area (Å²) in [6, 6.07) is 4.36. The van der Waals surface area contributed by atoms with Crippen molar-refractivity contribution in [1.82, 2.24) is 4.31 Å². The fraction of sp³-hybridized carbons (Fsp3) is 0.417. The molecule has 1 fully saturated rings. The van der Waals surface area contributed by atoms with Crippen LogP contribution in [0.1, 0.15) is 23.2 Å². The van der Waals surface area contributed by atoms with Gasteiger partial charge in [0.1, 0.15) is 4.90 Å². The van der Waals surface area contributed by atoms with E-state index in [2.05, 4.69) is 15.9 Å². The number of nitrogens with zero attached hydrogens (tertiary/aromatic N) is 1. The van der Waals surface area contributed by atoms with E-state index >= 15 is 0 Å². The monoisotopic (exact) mass is 365 g/mol. The Hall–Kier alpha value is -0.430. The van der Waals surface area contributed by atoms with Gasteiger partial charge in [-0.3, -0.25) is 4.79 Å². The molecule has 1 aromatic rings. The van der Waals surface area contributed by atoms with Gasteiger partial charge >= 0.3 is 0 Å². The molecule has 0 spiro atoms. The summed E-state index contributed by atoms with van der Waals surface area (Å²) in [5, 5.41) is 0.302. The van der Waals surface area contributed by atoms with Crippen molar-refractivity contribution in [1.29, 1.82) is 0 Å². The smallest absolute Gasteiger partial charge is 0.244 e. The number of rotatable bonds is 4. The van der Waals surface area contributed by atoms with Gasteiger partial charge in [-0.15, -0.1) is 0 Å². The molecule has 0 N–H and O–H groups in total. The van der Waals surface area contributed by atoms with Crippen LogP contribution < -0.4 is 0 Å². The van der Waals surface area contributed by atoms with Crippen molar-refractivity contribution in [3.05, 3.63) is 28.8 Å². The molecule has 0 aliphatic carbocycles. The molecule has 7 heteroatoms. The maximum Gasteiger partial charge on any atom is 0.244 e. The van der Waals surface area contributed by atoms with Crippen LogP contribution in [0.3, 0.4) is 0 Å². The van der Waals surface area contributed by atoms with Crippen LogP contribution in [0.25, 0.3) is 0 Å². The number of hydrogen-bond donors (Lipinski definition) is 0. The number of halogens is 2. The van der Waals surface area contributed by atoms with Crippen LogP contribution in [0.4, 0.5) is 0 Å². The van der Waals surface area contributed by atoms with Crippen LogP contribution in [-0.2, 0) is 10.0 Å². The lowest BCUT2D eigenvalue weighted by molar-refractivity contribution is 0.102. The molecule has 104 valence electrons. The highest BCUT2D eigenvalue weighted by Crippen LogP contribution is 2.28. The predicted octanol–water partition coefficient (Wildman–Crippen LogP) is 2.70. The number of ketones is 1. The number of sulfonamides is 1. The zero-order valence-corrected chi connectivity index (χ0v) is 13.3. The molecule has 0 bridgehead atoms. The summed E-state index contributed by atoms with van der Waals surface area (Å²) >= 11 is 9.05. The van der Waals surface area contributed by atoms with Gasteiger partial charge < -0.3 is 0 Å². The van der Waals surface area contributed by atoms with Crippen LogP contribution in [0.15, 0.2) is 23.1 Å². The van der Waals surface area contributed by atoms with Crippen molar-refractivity contribution in [2.45, 2.75) is 17.7 Å². The standard InChI is InChI=1S/C12H13BrClNO3S/c13-8-11(16)9-3-4-10(14)12(7-9)19(17,18)15-5-1-2-6-15/h3-4,7H,1-2,5-6,8H2. The van der Waals surface area contributed by atoms with Crippen LogP contribution in [0.2, 0.25) is 5.02 Å². The average Bonchev–Trinajstić information content (AvgIpc) is 2.92. The number of carbonyl (C=O) groups excluding carboxylic acids is 1. The lowest BCUT2D eigenvalue weighted by Crippen LogP contribution is -2.28. The Kier molecular flexibility index (Phi) is 4.66. The molecule has 0 aromatic heterocycles. The van der Waals surface area contributed by atoms with Crippen molar-refractivity contribution < 1.29 is 13.2 Å². The molecular weight excluding hydrogens is 354 g/mol. The molecule has 2 rings (SSSR count). The Morgan fingerprint density at radius 3 is 2.53 bits per heavy atom. The van der Waals surface area contributed by atoms with Crippen LogP contribution in [0.5, 0.6) is 0 Å². The average molecular weight is 367 g/mol. The predicted molar refractivity (Wildman–Crippen MR) is 77.6 cm³/mol. The first-order valence-electron chi connectivity index (χ1n) is 5.85. The number of Topliss-reactive ketones (excluding diaryl/α,β-unsaturated/α-hetero) is 1. The van der Waals surface area contributed by atoms with Gasteiger partial charge in [-0.2, -0.15) is 4.31 Å². The van der Waals surface area contributed by atoms with E-state index in [4.69, 9.17) is 11.6 Å². The summed E-state index contributed by atoms with van der Waals surface area (Å²) in [6.07, 6.45) is 1.72. The first-order chi connectivity index (χ1) is 8.96. The summed E-state index contributed by atoms with van der Waals surface area (Å²) in [6.45, 7) is 1.02. The van der Waals surface area contributed by atoms with Gasteiger partial charge in [0.15, 0.2) is 5.78 Å². The van der Waals surface area contributed by atoms with Gasteiger partial charge in [0.05, 0.1) is 10.4 Å². The zero-order valence-electron chi connectivity index (χ0n) is 10.1. The third-order valence-electron chi connectivity index (χ3n) is 3.06. The van der Waals surface area contributed by atoms with Crippen LogP contribution in [-0.4, -0.2) is 36.9 Å². The van der Waals surface area contributed by atoms with Gasteiger partial charge in [-0.1, -0.05) is 27.5 Å². The highest BCUT2D eigenvalue weighted by molar-refractivity contribution is 9.09. The molecular formula is C12H13BrClNO3S. The molecule has 1 saturated heterocycles. The molecule has 1 aromatic carbocycles. The fourth-order valence-corrected chi connectivity index (χ4v) is 4.36. The van der Waals surface area contributed by atoms with E-state index in [1.165, 1.54) is 22.5 Å². The minimum Gasteiger partial charge on any atom is -0.293 e. The Morgan fingerprint density at radius 1 is 1.32 bits per heavy atom. The largest absolute Gasteiger partial charge is 0.293 e. The van der Waals surface area contributed by atoms with E-state index < -0.39 is 10.0 Å². The molecule has 0 radical (unpaired) electrons. The minimum absolute atomic E-state index is 0.0165. The van der Waals surface area contributed by atoms with E-state index in [-0.39, 0.29) is 21.0 Å². The minimum atomic E-state index is -3.60. The second-order valence-corrected chi connectivity index (χ2v) is 7.19. The van der Waals surface area contributed by atoms with E-state index in [9.17, 15) is 13.2 Å². The summed E-state index contributed by atoms with van der Waals surface area (Å²) < 4.78 is 26.3. The molecule has 1 aliphatic heterocycles. The molecule has 0 atom stereocenters. The third-order valence-corrected chi connectivity index (χ3v) is 5.95. The van der Waals surface area contributed by atoms with E-state index in [1.54, 1.807) is 0 Å². The van der Waals surface area contributed by atoms with Crippen molar-refractivity contribution in [3.8, 4) is 0 Å². The van der Waals surface area contributed by atoms with Crippen molar-refractivity contribution in [2.24, 2.45) is 0 Å². The Morgan fingerprint density at radius 2 is 1.95 bits per heavy atom. The van der Waals surface area contributed by atoms with Crippen LogP contribution >= 0.6 is 27.5 Å². The quantitative estimate of drug-likeness (QED) is 0.608. The molecule has 4 nitrogen and oxygen atoms in total. The SMILES string of the molecule is O=C(CBr)c1ccc(Cl)c(S(=O)(=O)N2CCCC2)c1. The van der Waals surface area contributed by atoms with Crippen molar-refractivity contribution >= 4 is 43.3 Å². The van der Waals surface area contributed by atoms with E-state index in [0.717, 1.165) is 12.8 Å². The van der Waals surface area contributed by atoms with Gasteiger partial charge in [0, 0.05) is 18.7 Å². The van der Waals surface area contributed by atoms with Crippen molar-refractivity contribution in [2.75, 3.05) is 18.4 Å². The van der Waals surface area contributed by atoms with Gasteiger partial charge in [0.25, 0.3) is 0 Å². The summed E-state index contributed by atoms with van der Waals surface area (Å²) in [4.78, 5) is 11.6. The first-order valence-corrected chi connectivity index (χ1v) is 8.79. The van der Waals surface area contributed by atoms with Gasteiger partial charge in [-0.05, 0) is 31.0 Å². The lowest BCUT2D eigenvalue weighted by atomic mass is 10.1. The normalized spacial score (nSPS) is 16.7. The lowest BCUT2D eigenvalue weighted by Gasteiger charge is -2.16. The fourth-order valence-electron chi connectivity index (χ4n) is 2.02. The topological polar surface area (TPSA) is 54.5 Å². The number of benzene rings is 1.